The molecule has 20 heavy (non-hydrogen) atoms. The molecule has 2 unspecified atom stereocenters. The van der Waals surface area contributed by atoms with Crippen molar-refractivity contribution in [3.8, 4) is 0 Å². The first kappa shape index (κ1) is 13.3. The molecule has 1 aliphatic rings. The van der Waals surface area contributed by atoms with E-state index in [0.717, 1.165) is 24.3 Å². The van der Waals surface area contributed by atoms with Gasteiger partial charge >= 0.3 is 0 Å². The van der Waals surface area contributed by atoms with E-state index in [4.69, 9.17) is 10.5 Å². The molecular weight excluding hydrogens is 250 g/mol. The summed E-state index contributed by atoms with van der Waals surface area (Å²) in [7, 11) is 0. The average molecular weight is 271 g/mol. The lowest BCUT2D eigenvalue weighted by Crippen LogP contribution is -2.49. The summed E-state index contributed by atoms with van der Waals surface area (Å²) < 4.78 is 5.85. The monoisotopic (exact) mass is 271 g/mol. The van der Waals surface area contributed by atoms with Crippen LogP contribution in [-0.4, -0.2) is 36.8 Å². The van der Waals surface area contributed by atoms with Gasteiger partial charge in [0.15, 0.2) is 0 Å². The van der Waals surface area contributed by atoms with Gasteiger partial charge in [0, 0.05) is 36.4 Å². The minimum absolute atomic E-state index is 0.103. The standard InChI is InChI=1S/C16H21N3O/c1-11-7-16(14-5-3-4-6-15(14)18-11)19-9-12(2)20-13(8-17)10-19/h3-7,12-13H,8-10,17H2,1-2H3. The largest absolute Gasteiger partial charge is 0.370 e. The van der Waals surface area contributed by atoms with Crippen LogP contribution in [0.5, 0.6) is 0 Å². The minimum atomic E-state index is 0.103. The third-order valence-electron chi connectivity index (χ3n) is 3.75. The molecule has 2 N–H and O–H groups in total. The van der Waals surface area contributed by atoms with Crippen molar-refractivity contribution in [3.05, 3.63) is 36.0 Å². The summed E-state index contributed by atoms with van der Waals surface area (Å²) in [4.78, 5) is 6.98. The molecule has 1 aromatic carbocycles. The van der Waals surface area contributed by atoms with Crippen LogP contribution in [0.15, 0.2) is 30.3 Å². The SMILES string of the molecule is Cc1cc(N2CC(C)OC(CN)C2)c2ccccc2n1. The highest BCUT2D eigenvalue weighted by atomic mass is 16.5. The van der Waals surface area contributed by atoms with E-state index in [-0.39, 0.29) is 12.2 Å². The molecule has 2 atom stereocenters. The second-order valence-corrected chi connectivity index (χ2v) is 5.51. The van der Waals surface area contributed by atoms with Crippen LogP contribution in [0.1, 0.15) is 12.6 Å². The lowest BCUT2D eigenvalue weighted by molar-refractivity contribution is -0.0103. The maximum atomic E-state index is 5.85. The van der Waals surface area contributed by atoms with Crippen molar-refractivity contribution in [1.82, 2.24) is 4.98 Å². The van der Waals surface area contributed by atoms with E-state index < -0.39 is 0 Å². The number of anilines is 1. The van der Waals surface area contributed by atoms with Crippen LogP contribution < -0.4 is 10.6 Å². The maximum absolute atomic E-state index is 5.85. The summed E-state index contributed by atoms with van der Waals surface area (Å²) in [6, 6.07) is 10.5. The van der Waals surface area contributed by atoms with Crippen molar-refractivity contribution in [2.24, 2.45) is 5.73 Å². The lowest BCUT2D eigenvalue weighted by Gasteiger charge is -2.38. The Balaban J connectivity index is 2.04. The summed E-state index contributed by atoms with van der Waals surface area (Å²) in [5.41, 5.74) is 9.11. The zero-order valence-electron chi connectivity index (χ0n) is 12.0. The van der Waals surface area contributed by atoms with Crippen LogP contribution in [0, 0.1) is 6.92 Å². The molecular formula is C16H21N3O. The van der Waals surface area contributed by atoms with Crippen molar-refractivity contribution in [2.45, 2.75) is 26.1 Å². The Hall–Kier alpha value is -1.65. The fourth-order valence-corrected chi connectivity index (χ4v) is 2.92. The molecule has 1 fully saturated rings. The van der Waals surface area contributed by atoms with Crippen molar-refractivity contribution in [2.75, 3.05) is 24.5 Å². The Bertz CT molecular complexity index is 614. The third kappa shape index (κ3) is 2.49. The van der Waals surface area contributed by atoms with Gasteiger partial charge in [0.1, 0.15) is 0 Å². The zero-order valence-corrected chi connectivity index (χ0v) is 12.0. The van der Waals surface area contributed by atoms with Crippen molar-refractivity contribution in [1.29, 1.82) is 0 Å². The normalized spacial score (nSPS) is 23.2. The fourth-order valence-electron chi connectivity index (χ4n) is 2.92. The molecule has 2 heterocycles. The van der Waals surface area contributed by atoms with Crippen molar-refractivity contribution in [3.63, 3.8) is 0 Å². The van der Waals surface area contributed by atoms with Gasteiger partial charge in [-0.3, -0.25) is 4.98 Å². The van der Waals surface area contributed by atoms with Gasteiger partial charge in [0.05, 0.1) is 17.7 Å². The molecule has 0 saturated carbocycles. The van der Waals surface area contributed by atoms with Crippen LogP contribution in [0.2, 0.25) is 0 Å². The highest BCUT2D eigenvalue weighted by Gasteiger charge is 2.25. The highest BCUT2D eigenvalue weighted by Crippen LogP contribution is 2.28. The Morgan fingerprint density at radius 3 is 2.95 bits per heavy atom. The van der Waals surface area contributed by atoms with Crippen LogP contribution in [0.3, 0.4) is 0 Å². The zero-order chi connectivity index (χ0) is 14.1. The lowest BCUT2D eigenvalue weighted by atomic mass is 10.1. The summed E-state index contributed by atoms with van der Waals surface area (Å²) in [6.45, 7) is 6.44. The van der Waals surface area contributed by atoms with Crippen LogP contribution >= 0.6 is 0 Å². The number of aryl methyl sites for hydroxylation is 1. The molecule has 0 radical (unpaired) electrons. The quantitative estimate of drug-likeness (QED) is 0.908. The minimum Gasteiger partial charge on any atom is -0.370 e. The first-order valence-electron chi connectivity index (χ1n) is 7.14. The molecule has 3 rings (SSSR count). The Kier molecular flexibility index (Phi) is 3.59. The summed E-state index contributed by atoms with van der Waals surface area (Å²) >= 11 is 0. The molecule has 1 aliphatic heterocycles. The molecule has 4 heteroatoms. The molecule has 0 bridgehead atoms. The summed E-state index contributed by atoms with van der Waals surface area (Å²) in [6.07, 6.45) is 0.301. The summed E-state index contributed by atoms with van der Waals surface area (Å²) in [5, 5.41) is 1.20. The number of ether oxygens (including phenoxy) is 1. The molecule has 106 valence electrons. The number of hydrogen-bond donors (Lipinski definition) is 1. The second kappa shape index (κ2) is 5.38. The number of nitrogens with zero attached hydrogens (tertiary/aromatic N) is 2. The Morgan fingerprint density at radius 1 is 1.35 bits per heavy atom. The molecule has 0 amide bonds. The molecule has 2 aromatic rings. The number of pyridine rings is 1. The number of benzene rings is 1. The number of fused-ring (bicyclic) bond motifs is 1. The number of aromatic nitrogens is 1. The van der Waals surface area contributed by atoms with E-state index in [0.29, 0.717) is 6.54 Å². The van der Waals surface area contributed by atoms with Crippen LogP contribution in [-0.2, 0) is 4.74 Å². The number of rotatable bonds is 2. The molecule has 0 aliphatic carbocycles. The number of nitrogens with two attached hydrogens (primary N) is 1. The number of morpholine rings is 1. The van der Waals surface area contributed by atoms with Crippen molar-refractivity contribution >= 4 is 16.6 Å². The van der Waals surface area contributed by atoms with Gasteiger partial charge in [-0.15, -0.1) is 0 Å². The fraction of sp³-hybridized carbons (Fsp3) is 0.438. The number of hydrogen-bond acceptors (Lipinski definition) is 4. The van der Waals surface area contributed by atoms with Crippen LogP contribution in [0.25, 0.3) is 10.9 Å². The first-order valence-corrected chi connectivity index (χ1v) is 7.14. The van der Waals surface area contributed by atoms with E-state index in [1.165, 1.54) is 11.1 Å². The predicted molar refractivity (Wildman–Crippen MR) is 82.1 cm³/mol. The van der Waals surface area contributed by atoms with Crippen molar-refractivity contribution < 1.29 is 4.74 Å². The van der Waals surface area contributed by atoms with Gasteiger partial charge in [-0.25, -0.2) is 0 Å². The van der Waals surface area contributed by atoms with Gasteiger partial charge < -0.3 is 15.4 Å². The maximum Gasteiger partial charge on any atom is 0.0876 e. The molecule has 1 saturated heterocycles. The second-order valence-electron chi connectivity index (χ2n) is 5.51. The highest BCUT2D eigenvalue weighted by molar-refractivity contribution is 5.92. The van der Waals surface area contributed by atoms with Crippen LogP contribution in [0.4, 0.5) is 5.69 Å². The van der Waals surface area contributed by atoms with E-state index in [1.807, 2.05) is 13.0 Å². The topological polar surface area (TPSA) is 51.4 Å². The van der Waals surface area contributed by atoms with Gasteiger partial charge in [-0.2, -0.15) is 0 Å². The van der Waals surface area contributed by atoms with Gasteiger partial charge in [-0.1, -0.05) is 18.2 Å². The summed E-state index contributed by atoms with van der Waals surface area (Å²) in [5.74, 6) is 0. The van der Waals surface area contributed by atoms with Gasteiger partial charge in [0.2, 0.25) is 0 Å². The van der Waals surface area contributed by atoms with Gasteiger partial charge in [-0.05, 0) is 26.0 Å². The number of para-hydroxylation sites is 1. The molecule has 4 nitrogen and oxygen atoms in total. The Labute approximate surface area is 119 Å². The van der Waals surface area contributed by atoms with E-state index >= 15 is 0 Å². The van der Waals surface area contributed by atoms with E-state index in [2.05, 4.69) is 41.1 Å². The predicted octanol–water partition coefficient (Wildman–Crippen LogP) is 2.10. The first-order chi connectivity index (χ1) is 9.67. The molecule has 1 aromatic heterocycles. The van der Waals surface area contributed by atoms with Gasteiger partial charge in [0.25, 0.3) is 0 Å². The Morgan fingerprint density at radius 2 is 2.15 bits per heavy atom. The third-order valence-corrected chi connectivity index (χ3v) is 3.75. The molecule has 0 spiro atoms. The van der Waals surface area contributed by atoms with E-state index in [1.54, 1.807) is 0 Å². The van der Waals surface area contributed by atoms with E-state index in [9.17, 15) is 0 Å². The average Bonchev–Trinajstić information content (AvgIpc) is 2.45. The smallest absolute Gasteiger partial charge is 0.0876 e.